The molecule has 0 bridgehead atoms. The fourth-order valence-corrected chi connectivity index (χ4v) is 1.83. The van der Waals surface area contributed by atoms with Gasteiger partial charge in [-0.3, -0.25) is 4.98 Å². The van der Waals surface area contributed by atoms with Crippen molar-refractivity contribution < 1.29 is 9.53 Å². The summed E-state index contributed by atoms with van der Waals surface area (Å²) in [5, 5.41) is 0. The molecule has 0 unspecified atom stereocenters. The molecule has 0 N–H and O–H groups in total. The highest BCUT2D eigenvalue weighted by Gasteiger charge is 2.24. The number of aliphatic imine (C=N–C) groups is 1. The summed E-state index contributed by atoms with van der Waals surface area (Å²) in [7, 11) is 0. The van der Waals surface area contributed by atoms with Crippen LogP contribution in [0.1, 0.15) is 16.8 Å². The van der Waals surface area contributed by atoms with Gasteiger partial charge in [0.15, 0.2) is 5.70 Å². The Morgan fingerprint density at radius 2 is 1.90 bits per heavy atom. The summed E-state index contributed by atoms with van der Waals surface area (Å²) in [4.78, 5) is 20.2. The molecule has 0 aliphatic carbocycles. The molecule has 20 heavy (non-hydrogen) atoms. The molecule has 2 aromatic rings. The number of cyclic esters (lactones) is 1. The number of carbonyl (C=O) groups is 1. The maximum absolute atomic E-state index is 11.8. The average molecular weight is 264 g/mol. The van der Waals surface area contributed by atoms with Gasteiger partial charge < -0.3 is 4.74 Å². The zero-order valence-electron chi connectivity index (χ0n) is 10.9. The molecule has 0 saturated heterocycles. The third-order valence-corrected chi connectivity index (χ3v) is 2.89. The van der Waals surface area contributed by atoms with Gasteiger partial charge >= 0.3 is 5.97 Å². The Bertz CT molecular complexity index is 701. The highest BCUT2D eigenvalue weighted by Crippen LogP contribution is 2.18. The number of hydrogen-bond donors (Lipinski definition) is 0. The molecule has 98 valence electrons. The Hall–Kier alpha value is -2.75. The summed E-state index contributed by atoms with van der Waals surface area (Å²) in [5.74, 6) is -0.122. The zero-order chi connectivity index (χ0) is 13.9. The van der Waals surface area contributed by atoms with E-state index in [4.69, 9.17) is 4.74 Å². The van der Waals surface area contributed by atoms with E-state index in [1.54, 1.807) is 18.3 Å². The molecule has 1 aromatic heterocycles. The number of esters is 1. The van der Waals surface area contributed by atoms with Crippen molar-refractivity contribution in [3.63, 3.8) is 0 Å². The molecule has 1 aromatic carbocycles. The second-order valence-electron chi connectivity index (χ2n) is 4.46. The third kappa shape index (κ3) is 2.49. The Labute approximate surface area is 116 Å². The van der Waals surface area contributed by atoms with E-state index in [1.165, 1.54) is 0 Å². The van der Waals surface area contributed by atoms with E-state index >= 15 is 0 Å². The van der Waals surface area contributed by atoms with Crippen LogP contribution >= 0.6 is 0 Å². The summed E-state index contributed by atoms with van der Waals surface area (Å²) in [6.45, 7) is 2.00. The molecule has 1 aliphatic rings. The van der Waals surface area contributed by atoms with Gasteiger partial charge in [-0.15, -0.1) is 0 Å². The van der Waals surface area contributed by atoms with Gasteiger partial charge in [-0.05, 0) is 37.3 Å². The number of hydrogen-bond acceptors (Lipinski definition) is 4. The van der Waals surface area contributed by atoms with Crippen molar-refractivity contribution in [2.75, 3.05) is 0 Å². The summed E-state index contributed by atoms with van der Waals surface area (Å²) in [5.41, 5.74) is 2.86. The standard InChI is InChI=1S/C16H12N2O2/c1-11-5-7-12(8-6-11)15-18-14(16(19)20-15)10-13-4-2-3-9-17-13/h2-10H,1H3/b14-10+. The average Bonchev–Trinajstić information content (AvgIpc) is 2.82. The van der Waals surface area contributed by atoms with Crippen LogP contribution < -0.4 is 0 Å². The van der Waals surface area contributed by atoms with E-state index in [0.717, 1.165) is 11.1 Å². The lowest BCUT2D eigenvalue weighted by Gasteiger charge is -1.99. The maximum atomic E-state index is 11.8. The van der Waals surface area contributed by atoms with E-state index in [0.29, 0.717) is 11.6 Å². The van der Waals surface area contributed by atoms with Crippen LogP contribution in [0.4, 0.5) is 0 Å². The second kappa shape index (κ2) is 5.09. The van der Waals surface area contributed by atoms with E-state index < -0.39 is 5.97 Å². The van der Waals surface area contributed by atoms with Crippen molar-refractivity contribution in [3.8, 4) is 0 Å². The Kier molecular flexibility index (Phi) is 3.13. The quantitative estimate of drug-likeness (QED) is 0.619. The molecule has 0 saturated carbocycles. The van der Waals surface area contributed by atoms with Crippen molar-refractivity contribution in [3.05, 3.63) is 71.2 Å². The van der Waals surface area contributed by atoms with Crippen LogP contribution in [0.15, 0.2) is 59.4 Å². The molecule has 0 radical (unpaired) electrons. The third-order valence-electron chi connectivity index (χ3n) is 2.89. The SMILES string of the molecule is Cc1ccc(C2=N/C(=C/c3ccccn3)C(=O)O2)cc1. The molecule has 0 fully saturated rings. The fraction of sp³-hybridized carbons (Fsp3) is 0.0625. The first-order valence-corrected chi connectivity index (χ1v) is 6.23. The highest BCUT2D eigenvalue weighted by molar-refractivity contribution is 6.12. The first-order valence-electron chi connectivity index (χ1n) is 6.23. The van der Waals surface area contributed by atoms with Crippen molar-refractivity contribution >= 4 is 17.9 Å². The minimum absolute atomic E-state index is 0.263. The fourth-order valence-electron chi connectivity index (χ4n) is 1.83. The van der Waals surface area contributed by atoms with Gasteiger partial charge in [0, 0.05) is 11.8 Å². The molecule has 4 heteroatoms. The predicted octanol–water partition coefficient (Wildman–Crippen LogP) is 2.73. The van der Waals surface area contributed by atoms with Crippen LogP contribution in [0.2, 0.25) is 0 Å². The van der Waals surface area contributed by atoms with E-state index in [9.17, 15) is 4.79 Å². The van der Waals surface area contributed by atoms with Crippen LogP contribution in [-0.4, -0.2) is 16.9 Å². The van der Waals surface area contributed by atoms with Crippen LogP contribution in [0.5, 0.6) is 0 Å². The largest absolute Gasteiger partial charge is 0.402 e. The molecule has 0 amide bonds. The van der Waals surface area contributed by atoms with Gasteiger partial charge in [0.25, 0.3) is 0 Å². The van der Waals surface area contributed by atoms with Gasteiger partial charge in [-0.2, -0.15) is 0 Å². The summed E-state index contributed by atoms with van der Waals surface area (Å²) in [6, 6.07) is 13.1. The normalized spacial score (nSPS) is 16.1. The van der Waals surface area contributed by atoms with Crippen molar-refractivity contribution in [1.82, 2.24) is 4.98 Å². The lowest BCUT2D eigenvalue weighted by molar-refractivity contribution is -0.129. The number of ether oxygens (including phenoxy) is 1. The number of rotatable bonds is 2. The first kappa shape index (κ1) is 12.3. The van der Waals surface area contributed by atoms with Crippen molar-refractivity contribution in [2.45, 2.75) is 6.92 Å². The van der Waals surface area contributed by atoms with Gasteiger partial charge in [0.05, 0.1) is 5.69 Å². The van der Waals surface area contributed by atoms with Crippen LogP contribution in [-0.2, 0) is 9.53 Å². The molecule has 2 heterocycles. The monoisotopic (exact) mass is 264 g/mol. The van der Waals surface area contributed by atoms with Crippen molar-refractivity contribution in [1.29, 1.82) is 0 Å². The van der Waals surface area contributed by atoms with Gasteiger partial charge in [0.2, 0.25) is 5.90 Å². The first-order chi connectivity index (χ1) is 9.72. The maximum Gasteiger partial charge on any atom is 0.363 e. The van der Waals surface area contributed by atoms with Crippen LogP contribution in [0, 0.1) is 6.92 Å². The Balaban J connectivity index is 1.93. The van der Waals surface area contributed by atoms with Gasteiger partial charge in [0.1, 0.15) is 0 Å². The number of nitrogens with zero attached hydrogens (tertiary/aromatic N) is 2. The lowest BCUT2D eigenvalue weighted by atomic mass is 10.1. The zero-order valence-corrected chi connectivity index (χ0v) is 10.9. The summed E-state index contributed by atoms with van der Waals surface area (Å²) < 4.78 is 5.19. The number of aryl methyl sites for hydroxylation is 1. The number of aromatic nitrogens is 1. The summed E-state index contributed by atoms with van der Waals surface area (Å²) in [6.07, 6.45) is 3.28. The topological polar surface area (TPSA) is 51.5 Å². The number of carbonyl (C=O) groups excluding carboxylic acids is 1. The van der Waals surface area contributed by atoms with Crippen LogP contribution in [0.25, 0.3) is 6.08 Å². The van der Waals surface area contributed by atoms with Crippen LogP contribution in [0.3, 0.4) is 0 Å². The predicted molar refractivity (Wildman–Crippen MR) is 76.0 cm³/mol. The minimum Gasteiger partial charge on any atom is -0.402 e. The molecular formula is C16H12N2O2. The molecule has 4 nitrogen and oxygen atoms in total. The van der Waals surface area contributed by atoms with Gasteiger partial charge in [-0.25, -0.2) is 9.79 Å². The van der Waals surface area contributed by atoms with E-state index in [1.807, 2.05) is 43.3 Å². The lowest BCUT2D eigenvalue weighted by Crippen LogP contribution is -2.05. The van der Waals surface area contributed by atoms with E-state index in [2.05, 4.69) is 9.98 Å². The highest BCUT2D eigenvalue weighted by atomic mass is 16.6. The number of benzene rings is 1. The Morgan fingerprint density at radius 1 is 1.10 bits per heavy atom. The molecule has 3 rings (SSSR count). The van der Waals surface area contributed by atoms with E-state index in [-0.39, 0.29) is 5.70 Å². The van der Waals surface area contributed by atoms with Crippen molar-refractivity contribution in [2.24, 2.45) is 4.99 Å². The number of pyridine rings is 1. The molecule has 0 atom stereocenters. The summed E-state index contributed by atoms with van der Waals surface area (Å²) >= 11 is 0. The van der Waals surface area contributed by atoms with Gasteiger partial charge in [-0.1, -0.05) is 23.8 Å². The second-order valence-corrected chi connectivity index (χ2v) is 4.46. The minimum atomic E-state index is -0.453. The molecular weight excluding hydrogens is 252 g/mol. The smallest absolute Gasteiger partial charge is 0.363 e. The molecule has 0 spiro atoms. The Morgan fingerprint density at radius 3 is 2.60 bits per heavy atom. The molecule has 1 aliphatic heterocycles.